The summed E-state index contributed by atoms with van der Waals surface area (Å²) in [6.07, 6.45) is 8.26. The first-order valence-electron chi connectivity index (χ1n) is 2.65. The topological polar surface area (TPSA) is 0 Å². The van der Waals surface area contributed by atoms with Gasteiger partial charge in [0.05, 0.1) is 0 Å². The molecule has 0 nitrogen and oxygen atoms in total. The number of allylic oxidation sites excluding steroid dienone is 4. The third-order valence-electron chi connectivity index (χ3n) is 0.845. The Morgan fingerprint density at radius 2 is 2.12 bits per heavy atom. The van der Waals surface area contributed by atoms with Crippen LogP contribution in [0.15, 0.2) is 23.1 Å². The lowest BCUT2D eigenvalue weighted by atomic mass is 10.5. The maximum atomic E-state index is 2.10. The molecule has 0 heterocycles. The van der Waals surface area contributed by atoms with Crippen molar-refractivity contribution >= 4 is 11.8 Å². The molecule has 0 N–H and O–H groups in total. The van der Waals surface area contributed by atoms with E-state index in [1.807, 2.05) is 19.1 Å². The SMILES string of the molecule is C/C=C\C=C(/C)SC. The smallest absolute Gasteiger partial charge is 0.0140 e. The molecule has 0 aliphatic rings. The summed E-state index contributed by atoms with van der Waals surface area (Å²) in [5.41, 5.74) is 0. The van der Waals surface area contributed by atoms with Crippen LogP contribution in [0, 0.1) is 0 Å². The molecular formula is C7H12S. The predicted molar refractivity (Wildman–Crippen MR) is 42.1 cm³/mol. The Bertz CT molecular complexity index is 101. The van der Waals surface area contributed by atoms with Gasteiger partial charge in [0.1, 0.15) is 0 Å². The Morgan fingerprint density at radius 1 is 1.50 bits per heavy atom. The van der Waals surface area contributed by atoms with Gasteiger partial charge in [-0.25, -0.2) is 0 Å². The van der Waals surface area contributed by atoms with E-state index in [1.54, 1.807) is 11.8 Å². The molecule has 0 aromatic carbocycles. The van der Waals surface area contributed by atoms with Crippen LogP contribution in [0.3, 0.4) is 0 Å². The van der Waals surface area contributed by atoms with Crippen molar-refractivity contribution in [1.29, 1.82) is 0 Å². The van der Waals surface area contributed by atoms with Crippen molar-refractivity contribution in [2.45, 2.75) is 13.8 Å². The monoisotopic (exact) mass is 128 g/mol. The van der Waals surface area contributed by atoms with Crippen LogP contribution >= 0.6 is 11.8 Å². The second kappa shape index (κ2) is 4.98. The average Bonchev–Trinajstić information content (AvgIpc) is 1.83. The van der Waals surface area contributed by atoms with Crippen molar-refractivity contribution in [2.75, 3.05) is 6.26 Å². The van der Waals surface area contributed by atoms with Gasteiger partial charge in [0.2, 0.25) is 0 Å². The first-order valence-corrected chi connectivity index (χ1v) is 3.87. The second-order valence-corrected chi connectivity index (χ2v) is 2.56. The summed E-state index contributed by atoms with van der Waals surface area (Å²) in [5.74, 6) is 0. The van der Waals surface area contributed by atoms with Crippen LogP contribution in [0.5, 0.6) is 0 Å². The van der Waals surface area contributed by atoms with E-state index >= 15 is 0 Å². The largest absolute Gasteiger partial charge is 0.134 e. The summed E-state index contributed by atoms with van der Waals surface area (Å²) in [6.45, 7) is 4.12. The fourth-order valence-corrected chi connectivity index (χ4v) is 0.514. The normalized spacial score (nSPS) is 13.1. The van der Waals surface area contributed by atoms with Crippen LogP contribution in [-0.4, -0.2) is 6.26 Å². The van der Waals surface area contributed by atoms with Crippen molar-refractivity contribution in [3.8, 4) is 0 Å². The fourth-order valence-electron chi connectivity index (χ4n) is 0.300. The summed E-state index contributed by atoms with van der Waals surface area (Å²) in [4.78, 5) is 1.35. The summed E-state index contributed by atoms with van der Waals surface area (Å²) in [7, 11) is 0. The molecule has 0 unspecified atom stereocenters. The number of thioether (sulfide) groups is 1. The van der Waals surface area contributed by atoms with Crippen LogP contribution in [0.4, 0.5) is 0 Å². The molecule has 0 saturated heterocycles. The Balaban J connectivity index is 3.57. The van der Waals surface area contributed by atoms with Crippen molar-refractivity contribution in [3.63, 3.8) is 0 Å². The van der Waals surface area contributed by atoms with Gasteiger partial charge in [-0.05, 0) is 25.0 Å². The van der Waals surface area contributed by atoms with Gasteiger partial charge in [-0.1, -0.05) is 18.2 Å². The first kappa shape index (κ1) is 7.83. The van der Waals surface area contributed by atoms with E-state index in [0.717, 1.165) is 0 Å². The highest BCUT2D eigenvalue weighted by Gasteiger charge is 1.76. The molecule has 0 saturated carbocycles. The Morgan fingerprint density at radius 3 is 2.50 bits per heavy atom. The van der Waals surface area contributed by atoms with Crippen LogP contribution in [-0.2, 0) is 0 Å². The molecule has 1 heteroatoms. The van der Waals surface area contributed by atoms with Gasteiger partial charge < -0.3 is 0 Å². The minimum Gasteiger partial charge on any atom is -0.134 e. The van der Waals surface area contributed by atoms with E-state index in [-0.39, 0.29) is 0 Å². The minimum atomic E-state index is 1.35. The first-order chi connectivity index (χ1) is 3.81. The van der Waals surface area contributed by atoms with Gasteiger partial charge in [-0.2, -0.15) is 0 Å². The van der Waals surface area contributed by atoms with Gasteiger partial charge in [0.25, 0.3) is 0 Å². The lowest BCUT2D eigenvalue weighted by Crippen LogP contribution is -1.59. The quantitative estimate of drug-likeness (QED) is 0.515. The number of hydrogen-bond acceptors (Lipinski definition) is 1. The second-order valence-electron chi connectivity index (χ2n) is 1.51. The molecule has 0 radical (unpaired) electrons. The van der Waals surface area contributed by atoms with Gasteiger partial charge in [0.15, 0.2) is 0 Å². The molecule has 0 spiro atoms. The Kier molecular flexibility index (Phi) is 4.87. The zero-order valence-corrected chi connectivity index (χ0v) is 6.46. The lowest BCUT2D eigenvalue weighted by molar-refractivity contribution is 1.65. The average molecular weight is 128 g/mol. The van der Waals surface area contributed by atoms with E-state index in [1.165, 1.54) is 4.91 Å². The molecule has 0 aromatic rings. The number of rotatable bonds is 2. The number of hydrogen-bond donors (Lipinski definition) is 0. The standard InChI is InChI=1S/C7H12S/c1-4-5-6-7(2)8-3/h4-6H,1-3H3/b5-4-,7-6+. The highest BCUT2D eigenvalue weighted by Crippen LogP contribution is 2.08. The van der Waals surface area contributed by atoms with Gasteiger partial charge >= 0.3 is 0 Å². The molecule has 0 aliphatic carbocycles. The molecule has 0 amide bonds. The van der Waals surface area contributed by atoms with E-state index < -0.39 is 0 Å². The van der Waals surface area contributed by atoms with Crippen LogP contribution < -0.4 is 0 Å². The van der Waals surface area contributed by atoms with E-state index in [0.29, 0.717) is 0 Å². The Hall–Kier alpha value is -0.170. The van der Waals surface area contributed by atoms with Crippen molar-refractivity contribution in [3.05, 3.63) is 23.1 Å². The van der Waals surface area contributed by atoms with Crippen molar-refractivity contribution < 1.29 is 0 Å². The summed E-state index contributed by atoms with van der Waals surface area (Å²) < 4.78 is 0. The zero-order chi connectivity index (χ0) is 6.41. The molecule has 0 fully saturated rings. The van der Waals surface area contributed by atoms with Crippen LogP contribution in [0.2, 0.25) is 0 Å². The molecule has 0 atom stereocenters. The molecule has 0 rings (SSSR count). The van der Waals surface area contributed by atoms with E-state index in [9.17, 15) is 0 Å². The van der Waals surface area contributed by atoms with Crippen molar-refractivity contribution in [1.82, 2.24) is 0 Å². The minimum absolute atomic E-state index is 1.35. The molecule has 8 heavy (non-hydrogen) atoms. The highest BCUT2D eigenvalue weighted by molar-refractivity contribution is 8.02. The molecule has 0 aromatic heterocycles. The zero-order valence-electron chi connectivity index (χ0n) is 5.64. The third kappa shape index (κ3) is 4.00. The maximum Gasteiger partial charge on any atom is -0.0140 e. The molecule has 0 aliphatic heterocycles. The van der Waals surface area contributed by atoms with E-state index in [4.69, 9.17) is 0 Å². The Labute approximate surface area is 55.7 Å². The maximum absolute atomic E-state index is 2.10. The van der Waals surface area contributed by atoms with Gasteiger partial charge in [0, 0.05) is 0 Å². The molecular weight excluding hydrogens is 116 g/mol. The highest BCUT2D eigenvalue weighted by atomic mass is 32.2. The van der Waals surface area contributed by atoms with Gasteiger partial charge in [-0.15, -0.1) is 11.8 Å². The van der Waals surface area contributed by atoms with E-state index in [2.05, 4.69) is 19.3 Å². The summed E-state index contributed by atoms with van der Waals surface area (Å²) in [5, 5.41) is 0. The predicted octanol–water partition coefficient (Wildman–Crippen LogP) is 2.83. The summed E-state index contributed by atoms with van der Waals surface area (Å²) in [6, 6.07) is 0. The van der Waals surface area contributed by atoms with Crippen molar-refractivity contribution in [2.24, 2.45) is 0 Å². The van der Waals surface area contributed by atoms with Crippen LogP contribution in [0.25, 0.3) is 0 Å². The molecule has 0 bridgehead atoms. The lowest BCUT2D eigenvalue weighted by Gasteiger charge is -1.86. The fraction of sp³-hybridized carbons (Fsp3) is 0.429. The molecule has 46 valence electrons. The van der Waals surface area contributed by atoms with Gasteiger partial charge in [-0.3, -0.25) is 0 Å². The third-order valence-corrected chi connectivity index (χ3v) is 1.63. The van der Waals surface area contributed by atoms with Crippen LogP contribution in [0.1, 0.15) is 13.8 Å². The summed E-state index contributed by atoms with van der Waals surface area (Å²) >= 11 is 1.77.